The molecule has 0 aliphatic rings. The Morgan fingerprint density at radius 2 is 2.00 bits per heavy atom. The van der Waals surface area contributed by atoms with Crippen LogP contribution in [0.2, 0.25) is 0 Å². The summed E-state index contributed by atoms with van der Waals surface area (Å²) in [5.41, 5.74) is 1.66. The van der Waals surface area contributed by atoms with Crippen LogP contribution in [-0.2, 0) is 0 Å². The average Bonchev–Trinajstić information content (AvgIpc) is 2.76. The molecule has 3 heteroatoms. The minimum atomic E-state index is 0.251. The number of hydrogen-bond acceptors (Lipinski definition) is 3. The molecule has 0 bridgehead atoms. The minimum Gasteiger partial charge on any atom is -0.508 e. The van der Waals surface area contributed by atoms with Crippen LogP contribution in [-0.4, -0.2) is 11.4 Å². The molecule has 17 heavy (non-hydrogen) atoms. The van der Waals surface area contributed by atoms with Gasteiger partial charge >= 0.3 is 0 Å². The average molecular weight is 230 g/mol. The number of aromatic hydroxyl groups is 1. The Labute approximate surface area is 99.7 Å². The van der Waals surface area contributed by atoms with Crippen LogP contribution >= 0.6 is 0 Å². The molecule has 2 rings (SSSR count). The van der Waals surface area contributed by atoms with Crippen LogP contribution in [0.15, 0.2) is 34.7 Å². The van der Waals surface area contributed by atoms with Crippen molar-refractivity contribution >= 4 is 6.29 Å². The number of carbonyl (C=O) groups is 1. The maximum absolute atomic E-state index is 10.5. The van der Waals surface area contributed by atoms with Gasteiger partial charge < -0.3 is 9.52 Å². The van der Waals surface area contributed by atoms with E-state index in [9.17, 15) is 9.90 Å². The normalized spacial score (nSPS) is 10.8. The molecule has 3 nitrogen and oxygen atoms in total. The summed E-state index contributed by atoms with van der Waals surface area (Å²) >= 11 is 0. The molecule has 0 fully saturated rings. The standard InChI is InChI=1S/C14H14O3/c1-9(2)12-5-3-10(7-13(12)16)14-6-4-11(8-15)17-14/h3-9,16H,1-2H3. The number of hydrogen-bond donors (Lipinski definition) is 1. The molecule has 1 heterocycles. The van der Waals surface area contributed by atoms with E-state index < -0.39 is 0 Å². The molecule has 2 aromatic rings. The van der Waals surface area contributed by atoms with Crippen molar-refractivity contribution < 1.29 is 14.3 Å². The van der Waals surface area contributed by atoms with Gasteiger partial charge in [-0.05, 0) is 29.7 Å². The Bertz CT molecular complexity index is 538. The Kier molecular flexibility index (Phi) is 3.00. The maximum Gasteiger partial charge on any atom is 0.185 e. The third-order valence-electron chi connectivity index (χ3n) is 2.68. The fourth-order valence-corrected chi connectivity index (χ4v) is 1.76. The third kappa shape index (κ3) is 2.23. The predicted octanol–water partition coefficient (Wildman–Crippen LogP) is 3.59. The number of phenols is 1. The summed E-state index contributed by atoms with van der Waals surface area (Å²) in [6.07, 6.45) is 0.659. The van der Waals surface area contributed by atoms with E-state index in [0.29, 0.717) is 12.0 Å². The summed E-state index contributed by atoms with van der Waals surface area (Å²) in [6, 6.07) is 8.73. The Morgan fingerprint density at radius 3 is 2.53 bits per heavy atom. The highest BCUT2D eigenvalue weighted by Crippen LogP contribution is 2.31. The predicted molar refractivity (Wildman–Crippen MR) is 65.3 cm³/mol. The number of aldehydes is 1. The van der Waals surface area contributed by atoms with E-state index in [0.717, 1.165) is 11.1 Å². The Hall–Kier alpha value is -2.03. The highest BCUT2D eigenvalue weighted by Gasteiger charge is 2.09. The van der Waals surface area contributed by atoms with Crippen molar-refractivity contribution in [1.29, 1.82) is 0 Å². The summed E-state index contributed by atoms with van der Waals surface area (Å²) in [4.78, 5) is 10.5. The van der Waals surface area contributed by atoms with Gasteiger partial charge in [0.2, 0.25) is 0 Å². The topological polar surface area (TPSA) is 50.4 Å². The first-order valence-electron chi connectivity index (χ1n) is 5.50. The van der Waals surface area contributed by atoms with Gasteiger partial charge in [0.15, 0.2) is 12.0 Å². The smallest absolute Gasteiger partial charge is 0.185 e. The number of benzene rings is 1. The molecule has 0 saturated heterocycles. The van der Waals surface area contributed by atoms with E-state index in [1.165, 1.54) is 0 Å². The molecule has 1 aromatic carbocycles. The summed E-state index contributed by atoms with van der Waals surface area (Å²) < 4.78 is 5.30. The van der Waals surface area contributed by atoms with Gasteiger partial charge in [-0.3, -0.25) is 4.79 Å². The molecule has 88 valence electrons. The SMILES string of the molecule is CC(C)c1ccc(-c2ccc(C=O)o2)cc1O. The molecule has 0 unspecified atom stereocenters. The molecule has 0 radical (unpaired) electrons. The summed E-state index contributed by atoms with van der Waals surface area (Å²) in [5, 5.41) is 9.88. The van der Waals surface area contributed by atoms with E-state index in [4.69, 9.17) is 4.42 Å². The van der Waals surface area contributed by atoms with Crippen LogP contribution in [0.25, 0.3) is 11.3 Å². The quantitative estimate of drug-likeness (QED) is 0.820. The van der Waals surface area contributed by atoms with Crippen LogP contribution in [0.5, 0.6) is 5.75 Å². The largest absolute Gasteiger partial charge is 0.508 e. The van der Waals surface area contributed by atoms with E-state index in [1.807, 2.05) is 26.0 Å². The van der Waals surface area contributed by atoms with Gasteiger partial charge in [0.25, 0.3) is 0 Å². The number of phenolic OH excluding ortho intramolecular Hbond substituents is 1. The third-order valence-corrected chi connectivity index (χ3v) is 2.68. The van der Waals surface area contributed by atoms with Gasteiger partial charge in [0, 0.05) is 5.56 Å². The summed E-state index contributed by atoms with van der Waals surface area (Å²) in [5.74, 6) is 1.39. The highest BCUT2D eigenvalue weighted by atomic mass is 16.3. The zero-order chi connectivity index (χ0) is 12.4. The molecule has 0 aliphatic heterocycles. The Morgan fingerprint density at radius 1 is 1.24 bits per heavy atom. The first-order chi connectivity index (χ1) is 8.11. The number of furan rings is 1. The number of carbonyl (C=O) groups excluding carboxylic acids is 1. The van der Waals surface area contributed by atoms with Gasteiger partial charge in [-0.1, -0.05) is 26.0 Å². The van der Waals surface area contributed by atoms with Gasteiger partial charge in [0.05, 0.1) is 0 Å². The molecule has 1 aromatic heterocycles. The van der Waals surface area contributed by atoms with Crippen LogP contribution in [0.4, 0.5) is 0 Å². The Balaban J connectivity index is 2.40. The van der Waals surface area contributed by atoms with Gasteiger partial charge in [-0.2, -0.15) is 0 Å². The zero-order valence-electron chi connectivity index (χ0n) is 9.81. The van der Waals surface area contributed by atoms with Crippen LogP contribution < -0.4 is 0 Å². The lowest BCUT2D eigenvalue weighted by Crippen LogP contribution is -1.88. The summed E-state index contributed by atoms with van der Waals surface area (Å²) in [6.45, 7) is 4.04. The first-order valence-corrected chi connectivity index (χ1v) is 5.50. The van der Waals surface area contributed by atoms with Crippen LogP contribution in [0.3, 0.4) is 0 Å². The second kappa shape index (κ2) is 4.45. The first kappa shape index (κ1) is 11.5. The van der Waals surface area contributed by atoms with Crippen LogP contribution in [0, 0.1) is 0 Å². The molecule has 0 amide bonds. The van der Waals surface area contributed by atoms with Crippen molar-refractivity contribution in [3.8, 4) is 17.1 Å². The molecule has 0 aliphatic carbocycles. The highest BCUT2D eigenvalue weighted by molar-refractivity contribution is 5.73. The molecular weight excluding hydrogens is 216 g/mol. The van der Waals surface area contributed by atoms with Crippen molar-refractivity contribution in [3.63, 3.8) is 0 Å². The van der Waals surface area contributed by atoms with Crippen molar-refractivity contribution in [1.82, 2.24) is 0 Å². The van der Waals surface area contributed by atoms with Crippen molar-refractivity contribution in [2.45, 2.75) is 19.8 Å². The van der Waals surface area contributed by atoms with Crippen molar-refractivity contribution in [3.05, 3.63) is 41.7 Å². The fraction of sp³-hybridized carbons (Fsp3) is 0.214. The van der Waals surface area contributed by atoms with E-state index in [1.54, 1.807) is 18.2 Å². The molecular formula is C14H14O3. The van der Waals surface area contributed by atoms with Gasteiger partial charge in [-0.15, -0.1) is 0 Å². The van der Waals surface area contributed by atoms with Crippen molar-refractivity contribution in [2.24, 2.45) is 0 Å². The minimum absolute atomic E-state index is 0.251. The molecule has 0 spiro atoms. The molecule has 0 saturated carbocycles. The lowest BCUT2D eigenvalue weighted by atomic mass is 10.00. The lowest BCUT2D eigenvalue weighted by molar-refractivity contribution is 0.110. The maximum atomic E-state index is 10.5. The molecule has 1 N–H and O–H groups in total. The van der Waals surface area contributed by atoms with E-state index >= 15 is 0 Å². The fourth-order valence-electron chi connectivity index (χ4n) is 1.76. The second-order valence-electron chi connectivity index (χ2n) is 4.25. The summed E-state index contributed by atoms with van der Waals surface area (Å²) in [7, 11) is 0. The van der Waals surface area contributed by atoms with Crippen LogP contribution in [0.1, 0.15) is 35.9 Å². The van der Waals surface area contributed by atoms with E-state index in [2.05, 4.69) is 0 Å². The second-order valence-corrected chi connectivity index (χ2v) is 4.25. The van der Waals surface area contributed by atoms with Gasteiger partial charge in [-0.25, -0.2) is 0 Å². The van der Waals surface area contributed by atoms with Gasteiger partial charge in [0.1, 0.15) is 11.5 Å². The van der Waals surface area contributed by atoms with E-state index in [-0.39, 0.29) is 17.4 Å². The molecule has 0 atom stereocenters. The number of rotatable bonds is 3. The monoisotopic (exact) mass is 230 g/mol. The lowest BCUT2D eigenvalue weighted by Gasteiger charge is -2.08. The van der Waals surface area contributed by atoms with Crippen molar-refractivity contribution in [2.75, 3.05) is 0 Å². The zero-order valence-corrected chi connectivity index (χ0v) is 9.81.